The Bertz CT molecular complexity index is 447. The van der Waals surface area contributed by atoms with Crippen molar-refractivity contribution in [1.29, 1.82) is 0 Å². The molecule has 4 heteroatoms. The molecule has 1 aliphatic carbocycles. The van der Waals surface area contributed by atoms with E-state index in [0.29, 0.717) is 12.1 Å². The first kappa shape index (κ1) is 12.6. The molecule has 3 rings (SSSR count). The number of pyridine rings is 1. The highest BCUT2D eigenvalue weighted by molar-refractivity contribution is 5.94. The Morgan fingerprint density at radius 2 is 2.26 bits per heavy atom. The number of nitrogens with zero attached hydrogens (tertiary/aromatic N) is 2. The van der Waals surface area contributed by atoms with Gasteiger partial charge in [0.1, 0.15) is 0 Å². The second kappa shape index (κ2) is 5.29. The maximum atomic E-state index is 12.6. The maximum Gasteiger partial charge on any atom is 0.255 e. The van der Waals surface area contributed by atoms with Crippen LogP contribution in [0.1, 0.15) is 41.7 Å². The Balaban J connectivity index is 1.71. The molecule has 1 aliphatic heterocycles. The summed E-state index contributed by atoms with van der Waals surface area (Å²) in [4.78, 5) is 18.9. The molecule has 0 bridgehead atoms. The van der Waals surface area contributed by atoms with Gasteiger partial charge in [-0.25, -0.2) is 0 Å². The lowest BCUT2D eigenvalue weighted by Crippen LogP contribution is -2.42. The van der Waals surface area contributed by atoms with Crippen molar-refractivity contribution in [2.24, 2.45) is 0 Å². The molecule has 4 nitrogen and oxygen atoms in total. The summed E-state index contributed by atoms with van der Waals surface area (Å²) < 4.78 is 0. The van der Waals surface area contributed by atoms with E-state index in [9.17, 15) is 4.79 Å². The molecule has 2 aliphatic rings. The van der Waals surface area contributed by atoms with Gasteiger partial charge in [0.2, 0.25) is 0 Å². The second-order valence-electron chi connectivity index (χ2n) is 5.67. The quantitative estimate of drug-likeness (QED) is 0.896. The van der Waals surface area contributed by atoms with Crippen LogP contribution in [0, 0.1) is 6.92 Å². The Hall–Kier alpha value is -1.42. The molecule has 1 N–H and O–H groups in total. The van der Waals surface area contributed by atoms with Crippen molar-refractivity contribution in [2.45, 2.75) is 44.7 Å². The summed E-state index contributed by atoms with van der Waals surface area (Å²) in [5.41, 5.74) is 1.67. The van der Waals surface area contributed by atoms with Gasteiger partial charge in [-0.3, -0.25) is 9.78 Å². The molecular formula is C15H21N3O. The first-order valence-corrected chi connectivity index (χ1v) is 7.21. The number of aryl methyl sites for hydroxylation is 1. The van der Waals surface area contributed by atoms with Crippen molar-refractivity contribution in [3.05, 3.63) is 29.6 Å². The minimum atomic E-state index is 0.142. The molecule has 2 fully saturated rings. The van der Waals surface area contributed by atoms with Gasteiger partial charge in [-0.2, -0.15) is 0 Å². The molecular weight excluding hydrogens is 238 g/mol. The highest BCUT2D eigenvalue weighted by atomic mass is 16.2. The van der Waals surface area contributed by atoms with Crippen LogP contribution in [0.5, 0.6) is 0 Å². The van der Waals surface area contributed by atoms with Gasteiger partial charge in [0, 0.05) is 30.5 Å². The highest BCUT2D eigenvalue weighted by Gasteiger charge is 2.34. The lowest BCUT2D eigenvalue weighted by Gasteiger charge is -2.25. The predicted molar refractivity (Wildman–Crippen MR) is 74.1 cm³/mol. The molecule has 1 aromatic rings. The van der Waals surface area contributed by atoms with Gasteiger partial charge in [-0.15, -0.1) is 0 Å². The Kier molecular flexibility index (Phi) is 3.51. The van der Waals surface area contributed by atoms with Crippen LogP contribution in [-0.2, 0) is 0 Å². The Labute approximate surface area is 114 Å². The maximum absolute atomic E-state index is 12.6. The summed E-state index contributed by atoms with van der Waals surface area (Å²) in [6, 6.07) is 4.73. The first-order chi connectivity index (χ1) is 9.24. The van der Waals surface area contributed by atoms with Gasteiger partial charge in [-0.05, 0) is 51.3 Å². The largest absolute Gasteiger partial charge is 0.334 e. The van der Waals surface area contributed by atoms with Gasteiger partial charge < -0.3 is 10.2 Å². The molecule has 1 aromatic heterocycles. The monoisotopic (exact) mass is 259 g/mol. The molecule has 1 amide bonds. The zero-order chi connectivity index (χ0) is 13.2. The molecule has 2 heterocycles. The average molecular weight is 259 g/mol. The van der Waals surface area contributed by atoms with Crippen LogP contribution in [-0.4, -0.2) is 41.0 Å². The van der Waals surface area contributed by atoms with E-state index in [1.807, 2.05) is 19.1 Å². The SMILES string of the molecule is Cc1ccc(C(=O)N(CC2CCCN2)C2CC2)cn1. The Morgan fingerprint density at radius 1 is 1.42 bits per heavy atom. The lowest BCUT2D eigenvalue weighted by molar-refractivity contribution is 0.0728. The molecule has 1 atom stereocenters. The van der Waals surface area contributed by atoms with Crippen molar-refractivity contribution in [3.8, 4) is 0 Å². The summed E-state index contributed by atoms with van der Waals surface area (Å²) in [5, 5.41) is 3.48. The van der Waals surface area contributed by atoms with E-state index in [1.165, 1.54) is 12.8 Å². The molecule has 1 saturated heterocycles. The number of aromatic nitrogens is 1. The highest BCUT2D eigenvalue weighted by Crippen LogP contribution is 2.29. The van der Waals surface area contributed by atoms with Crippen molar-refractivity contribution in [1.82, 2.24) is 15.2 Å². The van der Waals surface area contributed by atoms with E-state index in [0.717, 1.165) is 37.2 Å². The number of hydrogen-bond donors (Lipinski definition) is 1. The van der Waals surface area contributed by atoms with Crippen molar-refractivity contribution < 1.29 is 4.79 Å². The minimum Gasteiger partial charge on any atom is -0.334 e. The topological polar surface area (TPSA) is 45.2 Å². The van der Waals surface area contributed by atoms with Gasteiger partial charge in [0.25, 0.3) is 5.91 Å². The summed E-state index contributed by atoms with van der Waals surface area (Å²) in [5.74, 6) is 0.142. The first-order valence-electron chi connectivity index (χ1n) is 7.21. The normalized spacial score (nSPS) is 22.5. The smallest absolute Gasteiger partial charge is 0.255 e. The second-order valence-corrected chi connectivity index (χ2v) is 5.67. The van der Waals surface area contributed by atoms with Crippen molar-refractivity contribution in [2.75, 3.05) is 13.1 Å². The van der Waals surface area contributed by atoms with E-state index >= 15 is 0 Å². The van der Waals surface area contributed by atoms with Crippen LogP contribution in [0.3, 0.4) is 0 Å². The van der Waals surface area contributed by atoms with E-state index in [4.69, 9.17) is 0 Å². The van der Waals surface area contributed by atoms with E-state index < -0.39 is 0 Å². The van der Waals surface area contributed by atoms with E-state index in [-0.39, 0.29) is 5.91 Å². The van der Waals surface area contributed by atoms with Crippen LogP contribution in [0.15, 0.2) is 18.3 Å². The zero-order valence-corrected chi connectivity index (χ0v) is 11.4. The van der Waals surface area contributed by atoms with Crippen LogP contribution >= 0.6 is 0 Å². The van der Waals surface area contributed by atoms with Crippen LogP contribution in [0.4, 0.5) is 0 Å². The van der Waals surface area contributed by atoms with Crippen molar-refractivity contribution in [3.63, 3.8) is 0 Å². The number of rotatable bonds is 4. The fourth-order valence-corrected chi connectivity index (χ4v) is 2.69. The van der Waals surface area contributed by atoms with Gasteiger partial charge in [0.15, 0.2) is 0 Å². The average Bonchev–Trinajstić information content (AvgIpc) is 3.13. The number of carbonyl (C=O) groups excluding carboxylic acids is 1. The van der Waals surface area contributed by atoms with Gasteiger partial charge in [0.05, 0.1) is 5.56 Å². The van der Waals surface area contributed by atoms with E-state index in [2.05, 4.69) is 15.2 Å². The van der Waals surface area contributed by atoms with Crippen molar-refractivity contribution >= 4 is 5.91 Å². The fourth-order valence-electron chi connectivity index (χ4n) is 2.69. The number of hydrogen-bond acceptors (Lipinski definition) is 3. The standard InChI is InChI=1S/C15H21N3O/c1-11-4-5-12(9-17-11)15(19)18(14-6-7-14)10-13-3-2-8-16-13/h4-5,9,13-14,16H,2-3,6-8,10H2,1H3. The summed E-state index contributed by atoms with van der Waals surface area (Å²) in [7, 11) is 0. The molecule has 0 spiro atoms. The molecule has 1 unspecified atom stereocenters. The minimum absolute atomic E-state index is 0.142. The number of amides is 1. The molecule has 19 heavy (non-hydrogen) atoms. The summed E-state index contributed by atoms with van der Waals surface area (Å²) in [6.45, 7) is 3.87. The third-order valence-electron chi connectivity index (χ3n) is 3.99. The number of nitrogens with one attached hydrogen (secondary N) is 1. The summed E-state index contributed by atoms with van der Waals surface area (Å²) in [6.07, 6.45) is 6.41. The molecule has 0 radical (unpaired) electrons. The van der Waals surface area contributed by atoms with E-state index in [1.54, 1.807) is 6.20 Å². The van der Waals surface area contributed by atoms with Gasteiger partial charge in [-0.1, -0.05) is 0 Å². The van der Waals surface area contributed by atoms with Gasteiger partial charge >= 0.3 is 0 Å². The third kappa shape index (κ3) is 2.95. The number of carbonyl (C=O) groups is 1. The fraction of sp³-hybridized carbons (Fsp3) is 0.600. The Morgan fingerprint density at radius 3 is 2.84 bits per heavy atom. The van der Waals surface area contributed by atoms with Crippen LogP contribution in [0.2, 0.25) is 0 Å². The van der Waals surface area contributed by atoms with Crippen LogP contribution in [0.25, 0.3) is 0 Å². The zero-order valence-electron chi connectivity index (χ0n) is 11.4. The summed E-state index contributed by atoms with van der Waals surface area (Å²) >= 11 is 0. The lowest BCUT2D eigenvalue weighted by atomic mass is 10.1. The van der Waals surface area contributed by atoms with Crippen LogP contribution < -0.4 is 5.32 Å². The third-order valence-corrected chi connectivity index (χ3v) is 3.99. The molecule has 102 valence electrons. The molecule has 1 saturated carbocycles. The predicted octanol–water partition coefficient (Wildman–Crippen LogP) is 1.75. The molecule has 0 aromatic carbocycles.